The minimum absolute atomic E-state index is 0.318. The molecule has 4 nitrogen and oxygen atoms in total. The number of nitrogens with two attached hydrogens (primary N) is 1. The fourth-order valence-corrected chi connectivity index (χ4v) is 3.13. The average molecular weight is 399 g/mol. The topological polar surface area (TPSA) is 67.2 Å². The Kier molecular flexibility index (Phi) is 4.67. The van der Waals surface area contributed by atoms with Crippen LogP contribution in [0.25, 0.3) is 0 Å². The molecule has 6 heteroatoms. The van der Waals surface area contributed by atoms with Gasteiger partial charge >= 0.3 is 6.03 Å². The number of benzene rings is 2. The summed E-state index contributed by atoms with van der Waals surface area (Å²) in [6, 6.07) is 10.7. The van der Waals surface area contributed by atoms with E-state index in [1.807, 2.05) is 31.2 Å². The number of nitrogen functional groups attached to an aromatic ring is 1. The second-order valence-corrected chi connectivity index (χ2v) is 6.02. The maximum atomic E-state index is 12.0. The number of nitrogens with one attached hydrogen (secondary N) is 2. The highest BCUT2D eigenvalue weighted by Gasteiger charge is 2.10. The fourth-order valence-electron chi connectivity index (χ4n) is 1.71. The SMILES string of the molecule is Cc1cccc(NC(=O)Nc2c(Br)cc(N)cc2Br)c1. The quantitative estimate of drug-likeness (QED) is 0.639. The number of urea groups is 1. The van der Waals surface area contributed by atoms with Crippen molar-refractivity contribution >= 4 is 55.0 Å². The van der Waals surface area contributed by atoms with Gasteiger partial charge in [-0.25, -0.2) is 4.79 Å². The smallest absolute Gasteiger partial charge is 0.323 e. The van der Waals surface area contributed by atoms with Crippen LogP contribution >= 0.6 is 31.9 Å². The van der Waals surface area contributed by atoms with E-state index in [-0.39, 0.29) is 6.03 Å². The summed E-state index contributed by atoms with van der Waals surface area (Å²) in [4.78, 5) is 12.0. The molecule has 2 aromatic carbocycles. The number of hydrogen-bond donors (Lipinski definition) is 3. The second kappa shape index (κ2) is 6.28. The normalized spacial score (nSPS) is 10.2. The summed E-state index contributed by atoms with van der Waals surface area (Å²) < 4.78 is 1.42. The summed E-state index contributed by atoms with van der Waals surface area (Å²) in [7, 11) is 0. The largest absolute Gasteiger partial charge is 0.399 e. The number of rotatable bonds is 2. The number of anilines is 3. The number of amides is 2. The molecule has 2 amide bonds. The summed E-state index contributed by atoms with van der Waals surface area (Å²) in [5.41, 5.74) is 8.77. The molecule has 20 heavy (non-hydrogen) atoms. The maximum absolute atomic E-state index is 12.0. The van der Waals surface area contributed by atoms with Gasteiger partial charge in [0.25, 0.3) is 0 Å². The van der Waals surface area contributed by atoms with Crippen LogP contribution in [0.15, 0.2) is 45.3 Å². The van der Waals surface area contributed by atoms with E-state index in [2.05, 4.69) is 42.5 Å². The zero-order valence-electron chi connectivity index (χ0n) is 10.7. The van der Waals surface area contributed by atoms with Gasteiger partial charge in [0.1, 0.15) is 0 Å². The lowest BCUT2D eigenvalue weighted by Crippen LogP contribution is -2.20. The molecule has 0 saturated carbocycles. The summed E-state index contributed by atoms with van der Waals surface area (Å²) in [6.07, 6.45) is 0. The zero-order valence-corrected chi connectivity index (χ0v) is 13.9. The Morgan fingerprint density at radius 2 is 1.75 bits per heavy atom. The first kappa shape index (κ1) is 14.9. The number of hydrogen-bond acceptors (Lipinski definition) is 2. The van der Waals surface area contributed by atoms with Crippen molar-refractivity contribution in [2.45, 2.75) is 6.92 Å². The zero-order chi connectivity index (χ0) is 14.7. The van der Waals surface area contributed by atoms with Crippen molar-refractivity contribution in [1.82, 2.24) is 0 Å². The van der Waals surface area contributed by atoms with Crippen molar-refractivity contribution in [3.8, 4) is 0 Å². The summed E-state index contributed by atoms with van der Waals surface area (Å²) in [5, 5.41) is 5.55. The lowest BCUT2D eigenvalue weighted by Gasteiger charge is -2.12. The Balaban J connectivity index is 2.13. The van der Waals surface area contributed by atoms with Crippen LogP contribution in [0.5, 0.6) is 0 Å². The first-order valence-electron chi connectivity index (χ1n) is 5.85. The molecule has 0 radical (unpaired) electrons. The van der Waals surface area contributed by atoms with Crippen LogP contribution in [-0.2, 0) is 0 Å². The van der Waals surface area contributed by atoms with Crippen LogP contribution in [-0.4, -0.2) is 6.03 Å². The molecular weight excluding hydrogens is 386 g/mol. The van der Waals surface area contributed by atoms with Gasteiger partial charge < -0.3 is 16.4 Å². The van der Waals surface area contributed by atoms with E-state index in [1.165, 1.54) is 0 Å². The lowest BCUT2D eigenvalue weighted by atomic mass is 10.2. The highest BCUT2D eigenvalue weighted by molar-refractivity contribution is 9.11. The number of halogens is 2. The third-order valence-electron chi connectivity index (χ3n) is 2.58. The van der Waals surface area contributed by atoms with Crippen LogP contribution in [0.3, 0.4) is 0 Å². The lowest BCUT2D eigenvalue weighted by molar-refractivity contribution is 0.262. The summed E-state index contributed by atoms with van der Waals surface area (Å²) >= 11 is 6.74. The molecule has 0 fully saturated rings. The highest BCUT2D eigenvalue weighted by atomic mass is 79.9. The van der Waals surface area contributed by atoms with E-state index in [0.717, 1.165) is 11.3 Å². The molecule has 0 unspecified atom stereocenters. The fraction of sp³-hybridized carbons (Fsp3) is 0.0714. The maximum Gasteiger partial charge on any atom is 0.323 e. The molecule has 0 atom stereocenters. The van der Waals surface area contributed by atoms with Crippen molar-refractivity contribution in [2.75, 3.05) is 16.4 Å². The van der Waals surface area contributed by atoms with E-state index in [0.29, 0.717) is 20.3 Å². The molecule has 2 rings (SSSR count). The first-order chi connectivity index (χ1) is 9.45. The van der Waals surface area contributed by atoms with E-state index in [9.17, 15) is 4.79 Å². The molecule has 104 valence electrons. The monoisotopic (exact) mass is 397 g/mol. The van der Waals surface area contributed by atoms with Gasteiger partial charge in [-0.2, -0.15) is 0 Å². The molecule has 0 aromatic heterocycles. The van der Waals surface area contributed by atoms with Gasteiger partial charge in [0.2, 0.25) is 0 Å². The van der Waals surface area contributed by atoms with E-state index in [1.54, 1.807) is 12.1 Å². The van der Waals surface area contributed by atoms with Crippen LogP contribution in [0, 0.1) is 6.92 Å². The third-order valence-corrected chi connectivity index (χ3v) is 3.83. The molecular formula is C14H13Br2N3O. The van der Waals surface area contributed by atoms with E-state index >= 15 is 0 Å². The van der Waals surface area contributed by atoms with Crippen molar-refractivity contribution < 1.29 is 4.79 Å². The van der Waals surface area contributed by atoms with Gasteiger partial charge in [-0.3, -0.25) is 0 Å². The minimum atomic E-state index is -0.318. The Bertz CT molecular complexity index is 636. The number of aryl methyl sites for hydroxylation is 1. The first-order valence-corrected chi connectivity index (χ1v) is 7.43. The third kappa shape index (κ3) is 3.74. The summed E-state index contributed by atoms with van der Waals surface area (Å²) in [6.45, 7) is 1.97. The van der Waals surface area contributed by atoms with E-state index in [4.69, 9.17) is 5.73 Å². The molecule has 0 heterocycles. The molecule has 0 bridgehead atoms. The predicted octanol–water partition coefficient (Wildman–Crippen LogP) is 4.75. The van der Waals surface area contributed by atoms with Crippen molar-refractivity contribution in [3.63, 3.8) is 0 Å². The minimum Gasteiger partial charge on any atom is -0.399 e. The van der Waals surface area contributed by atoms with Gasteiger partial charge in [0.15, 0.2) is 0 Å². The molecule has 0 aliphatic rings. The van der Waals surface area contributed by atoms with Crippen LogP contribution in [0.1, 0.15) is 5.56 Å². The van der Waals surface area contributed by atoms with Crippen molar-refractivity contribution in [1.29, 1.82) is 0 Å². The van der Waals surface area contributed by atoms with Crippen LogP contribution < -0.4 is 16.4 Å². The van der Waals surface area contributed by atoms with Gasteiger partial charge in [-0.1, -0.05) is 12.1 Å². The van der Waals surface area contributed by atoms with Crippen LogP contribution in [0.4, 0.5) is 21.9 Å². The average Bonchev–Trinajstić information content (AvgIpc) is 2.33. The Morgan fingerprint density at radius 3 is 2.35 bits per heavy atom. The molecule has 2 aromatic rings. The van der Waals surface area contributed by atoms with Gasteiger partial charge in [0, 0.05) is 20.3 Å². The van der Waals surface area contributed by atoms with Gasteiger partial charge in [-0.05, 0) is 68.6 Å². The number of carbonyl (C=O) groups excluding carboxylic acids is 1. The molecule has 0 spiro atoms. The molecule has 4 N–H and O–H groups in total. The van der Waals surface area contributed by atoms with Crippen molar-refractivity contribution in [3.05, 3.63) is 50.9 Å². The van der Waals surface area contributed by atoms with Crippen molar-refractivity contribution in [2.24, 2.45) is 0 Å². The van der Waals surface area contributed by atoms with E-state index < -0.39 is 0 Å². The van der Waals surface area contributed by atoms with Gasteiger partial charge in [-0.15, -0.1) is 0 Å². The second-order valence-electron chi connectivity index (χ2n) is 4.31. The Labute approximate surface area is 134 Å². The number of carbonyl (C=O) groups is 1. The van der Waals surface area contributed by atoms with Crippen LogP contribution in [0.2, 0.25) is 0 Å². The standard InChI is InChI=1S/C14H13Br2N3O/c1-8-3-2-4-10(5-8)18-14(20)19-13-11(15)6-9(17)7-12(13)16/h2-7H,17H2,1H3,(H2,18,19,20). The Morgan fingerprint density at radius 1 is 1.10 bits per heavy atom. The summed E-state index contributed by atoms with van der Waals surface area (Å²) in [5.74, 6) is 0. The molecule has 0 aliphatic carbocycles. The molecule has 0 saturated heterocycles. The highest BCUT2D eigenvalue weighted by Crippen LogP contribution is 2.33. The predicted molar refractivity (Wildman–Crippen MR) is 90.1 cm³/mol. The van der Waals surface area contributed by atoms with Gasteiger partial charge in [0.05, 0.1) is 5.69 Å². The molecule has 0 aliphatic heterocycles. The Hall–Kier alpha value is -1.53.